The Hall–Kier alpha value is -3.25. The molecule has 1 N–H and O–H groups in total. The van der Waals surface area contributed by atoms with E-state index in [9.17, 15) is 22.8 Å². The van der Waals surface area contributed by atoms with Gasteiger partial charge < -0.3 is 24.1 Å². The van der Waals surface area contributed by atoms with Gasteiger partial charge in [-0.05, 0) is 36.5 Å². The molecule has 12 heteroatoms. The van der Waals surface area contributed by atoms with Crippen LogP contribution in [0.2, 0.25) is 0 Å². The number of anilines is 1. The molecule has 0 spiro atoms. The Bertz CT molecular complexity index is 1250. The number of fused-ring (bicyclic) bond motifs is 1. The van der Waals surface area contributed by atoms with Crippen LogP contribution in [0.1, 0.15) is 17.0 Å². The molecule has 3 aromatic rings. The molecule has 1 amide bonds. The topological polar surface area (TPSA) is 84.3 Å². The number of benzene rings is 1. The second-order valence-electron chi connectivity index (χ2n) is 8.26. The van der Waals surface area contributed by atoms with Crippen LogP contribution in [0.4, 0.5) is 18.9 Å². The van der Waals surface area contributed by atoms with Crippen LogP contribution in [0.3, 0.4) is 0 Å². The highest BCUT2D eigenvalue weighted by Gasteiger charge is 2.29. The van der Waals surface area contributed by atoms with E-state index in [-0.39, 0.29) is 16.9 Å². The lowest BCUT2D eigenvalue weighted by Crippen LogP contribution is -2.47. The van der Waals surface area contributed by atoms with Crippen molar-refractivity contribution in [2.75, 3.05) is 57.9 Å². The lowest BCUT2D eigenvalue weighted by atomic mass is 10.2. The third-order valence-electron chi connectivity index (χ3n) is 5.76. The maximum Gasteiger partial charge on any atom is 0.422 e. The third-order valence-corrected chi connectivity index (χ3v) is 6.67. The second kappa shape index (κ2) is 11.2. The van der Waals surface area contributed by atoms with E-state index in [0.717, 1.165) is 19.6 Å². The fourth-order valence-electron chi connectivity index (χ4n) is 3.98. The van der Waals surface area contributed by atoms with Gasteiger partial charge in [0.25, 0.3) is 5.91 Å². The molecule has 1 aromatic carbocycles. The Morgan fingerprint density at radius 1 is 1.17 bits per heavy atom. The molecule has 0 radical (unpaired) electrons. The van der Waals surface area contributed by atoms with Gasteiger partial charge in [0.15, 0.2) is 12.4 Å². The molecule has 0 aliphatic carbocycles. The number of halogens is 3. The monoisotopic (exact) mass is 525 g/mol. The first-order valence-corrected chi connectivity index (χ1v) is 12.3. The van der Waals surface area contributed by atoms with Crippen molar-refractivity contribution in [3.8, 4) is 11.5 Å². The summed E-state index contributed by atoms with van der Waals surface area (Å²) in [6.07, 6.45) is -3.70. The summed E-state index contributed by atoms with van der Waals surface area (Å²) in [4.78, 5) is 28.7. The van der Waals surface area contributed by atoms with Crippen molar-refractivity contribution in [3.63, 3.8) is 0 Å². The van der Waals surface area contributed by atoms with E-state index in [0.29, 0.717) is 47.8 Å². The van der Waals surface area contributed by atoms with Crippen LogP contribution in [0.15, 0.2) is 44.9 Å². The van der Waals surface area contributed by atoms with Crippen molar-refractivity contribution in [1.82, 2.24) is 10.2 Å². The van der Waals surface area contributed by atoms with E-state index >= 15 is 0 Å². The predicted octanol–water partition coefficient (Wildman–Crippen LogP) is 3.75. The normalized spacial score (nSPS) is 14.7. The van der Waals surface area contributed by atoms with Crippen LogP contribution >= 0.6 is 11.3 Å². The first kappa shape index (κ1) is 25.8. The summed E-state index contributed by atoms with van der Waals surface area (Å²) >= 11 is 1.27. The summed E-state index contributed by atoms with van der Waals surface area (Å²) in [7, 11) is 1.52. The molecule has 0 unspecified atom stereocenters. The van der Waals surface area contributed by atoms with Crippen LogP contribution < -0.4 is 25.1 Å². The molecule has 0 atom stereocenters. The Labute approximate surface area is 209 Å². The number of piperazine rings is 1. The van der Waals surface area contributed by atoms with E-state index in [1.165, 1.54) is 30.6 Å². The number of nitrogens with one attached hydrogen (secondary N) is 1. The zero-order valence-corrected chi connectivity index (χ0v) is 20.4. The van der Waals surface area contributed by atoms with Gasteiger partial charge in [0.1, 0.15) is 21.8 Å². The fraction of sp³-hybridized carbons (Fsp3) is 0.417. The van der Waals surface area contributed by atoms with Gasteiger partial charge in [-0.1, -0.05) is 0 Å². The minimum atomic E-state index is -4.41. The molecule has 1 fully saturated rings. The highest BCUT2D eigenvalue weighted by Crippen LogP contribution is 2.33. The standard InChI is InChI=1S/C24H26F3N3O5S/c1-33-19-4-3-16(34-15-24(25,26)27)13-17(19)30-10-8-29(9-11-30)7-2-6-28-23(32)21-14-18(31)22-20(35-21)5-12-36-22/h3-5,12-14H,2,6-11,15H2,1H3,(H,28,32). The number of rotatable bonds is 9. The molecule has 1 aliphatic heterocycles. The quantitative estimate of drug-likeness (QED) is 0.426. The van der Waals surface area contributed by atoms with E-state index in [4.69, 9.17) is 13.9 Å². The Kier molecular flexibility index (Phi) is 8.04. The van der Waals surface area contributed by atoms with Crippen molar-refractivity contribution in [1.29, 1.82) is 0 Å². The van der Waals surface area contributed by atoms with Crippen LogP contribution in [-0.4, -0.2) is 70.0 Å². The van der Waals surface area contributed by atoms with Crippen LogP contribution in [0.5, 0.6) is 11.5 Å². The number of amides is 1. The number of alkyl halides is 3. The zero-order chi connectivity index (χ0) is 25.7. The summed E-state index contributed by atoms with van der Waals surface area (Å²) in [5, 5.41) is 4.53. The minimum Gasteiger partial charge on any atom is -0.495 e. The van der Waals surface area contributed by atoms with Gasteiger partial charge in [0.05, 0.1) is 12.8 Å². The van der Waals surface area contributed by atoms with Crippen LogP contribution in [0, 0.1) is 0 Å². The lowest BCUT2D eigenvalue weighted by molar-refractivity contribution is -0.153. The van der Waals surface area contributed by atoms with Crippen molar-refractivity contribution < 1.29 is 31.9 Å². The predicted molar refractivity (Wildman–Crippen MR) is 131 cm³/mol. The SMILES string of the molecule is COc1ccc(OCC(F)(F)F)cc1N1CCN(CCCNC(=O)c2cc(=O)c3sccc3o2)CC1. The summed E-state index contributed by atoms with van der Waals surface area (Å²) in [6, 6.07) is 7.52. The zero-order valence-electron chi connectivity index (χ0n) is 19.6. The molecule has 0 saturated carbocycles. The van der Waals surface area contributed by atoms with Crippen LogP contribution in [-0.2, 0) is 0 Å². The maximum atomic E-state index is 12.5. The number of carbonyl (C=O) groups excluding carboxylic acids is 1. The summed E-state index contributed by atoms with van der Waals surface area (Å²) in [5.41, 5.74) is 0.862. The molecule has 4 rings (SSSR count). The first-order chi connectivity index (χ1) is 17.2. The van der Waals surface area contributed by atoms with E-state index in [1.807, 2.05) is 0 Å². The average molecular weight is 526 g/mol. The van der Waals surface area contributed by atoms with Crippen molar-refractivity contribution in [2.24, 2.45) is 0 Å². The number of hydrogen-bond acceptors (Lipinski definition) is 8. The molecule has 36 heavy (non-hydrogen) atoms. The summed E-state index contributed by atoms with van der Waals surface area (Å²) < 4.78 is 53.8. The van der Waals surface area contributed by atoms with Gasteiger partial charge in [-0.3, -0.25) is 14.5 Å². The van der Waals surface area contributed by atoms with Crippen molar-refractivity contribution in [3.05, 3.63) is 51.7 Å². The summed E-state index contributed by atoms with van der Waals surface area (Å²) in [6.45, 7) is 2.65. The van der Waals surface area contributed by atoms with Crippen molar-refractivity contribution in [2.45, 2.75) is 12.6 Å². The highest BCUT2D eigenvalue weighted by atomic mass is 32.1. The fourth-order valence-corrected chi connectivity index (χ4v) is 4.71. The lowest BCUT2D eigenvalue weighted by Gasteiger charge is -2.36. The molecule has 1 saturated heterocycles. The number of ether oxygens (including phenoxy) is 2. The van der Waals surface area contributed by atoms with Gasteiger partial charge in [-0.15, -0.1) is 11.3 Å². The van der Waals surface area contributed by atoms with Gasteiger partial charge in [-0.2, -0.15) is 13.2 Å². The Morgan fingerprint density at radius 3 is 2.67 bits per heavy atom. The van der Waals surface area contributed by atoms with E-state index in [2.05, 4.69) is 15.1 Å². The number of nitrogens with zero attached hydrogens (tertiary/aromatic N) is 2. The molecule has 0 bridgehead atoms. The largest absolute Gasteiger partial charge is 0.495 e. The van der Waals surface area contributed by atoms with Gasteiger partial charge in [0.2, 0.25) is 5.43 Å². The molecule has 3 heterocycles. The highest BCUT2D eigenvalue weighted by molar-refractivity contribution is 7.17. The number of hydrogen-bond donors (Lipinski definition) is 1. The maximum absolute atomic E-state index is 12.5. The molecular formula is C24H26F3N3O5S. The first-order valence-electron chi connectivity index (χ1n) is 11.4. The van der Waals surface area contributed by atoms with E-state index in [1.54, 1.807) is 23.6 Å². The smallest absolute Gasteiger partial charge is 0.422 e. The Balaban J connectivity index is 1.24. The van der Waals surface area contributed by atoms with E-state index < -0.39 is 18.7 Å². The third kappa shape index (κ3) is 6.49. The minimum absolute atomic E-state index is 0.00472. The second-order valence-corrected chi connectivity index (χ2v) is 9.18. The molecular weight excluding hydrogens is 499 g/mol. The number of methoxy groups -OCH3 is 1. The van der Waals surface area contributed by atoms with Crippen molar-refractivity contribution >= 4 is 33.2 Å². The van der Waals surface area contributed by atoms with Crippen LogP contribution in [0.25, 0.3) is 10.3 Å². The average Bonchev–Trinajstić information content (AvgIpc) is 3.34. The van der Waals surface area contributed by atoms with Gasteiger partial charge in [0, 0.05) is 44.9 Å². The molecule has 8 nitrogen and oxygen atoms in total. The van der Waals surface area contributed by atoms with Gasteiger partial charge >= 0.3 is 6.18 Å². The molecule has 1 aliphatic rings. The molecule has 2 aromatic heterocycles. The number of carbonyl (C=O) groups is 1. The number of thiophene rings is 1. The Morgan fingerprint density at radius 2 is 1.94 bits per heavy atom. The summed E-state index contributed by atoms with van der Waals surface area (Å²) in [5.74, 6) is 0.271. The molecule has 194 valence electrons. The van der Waals surface area contributed by atoms with Gasteiger partial charge in [-0.25, -0.2) is 0 Å².